The number of para-hydroxylation sites is 1. The molecule has 128 valence electrons. The number of halogens is 1. The maximum Gasteiger partial charge on any atom is 0.349 e. The van der Waals surface area contributed by atoms with Gasteiger partial charge in [0.25, 0.3) is 0 Å². The molecule has 4 aromatic rings. The monoisotopic (exact) mass is 409 g/mol. The third-order valence-corrected chi connectivity index (χ3v) is 4.38. The summed E-state index contributed by atoms with van der Waals surface area (Å²) in [6.45, 7) is 1.36. The number of hydrogen-bond donors (Lipinski definition) is 1. The average molecular weight is 410 g/mol. The summed E-state index contributed by atoms with van der Waals surface area (Å²) in [6.07, 6.45) is 0. The minimum atomic E-state index is -0.593. The second-order valence-electron chi connectivity index (χ2n) is 5.69. The van der Waals surface area contributed by atoms with Crippen molar-refractivity contribution in [2.24, 2.45) is 0 Å². The van der Waals surface area contributed by atoms with Crippen LogP contribution >= 0.6 is 15.9 Å². The molecule has 2 aromatic heterocycles. The van der Waals surface area contributed by atoms with E-state index in [2.05, 4.69) is 31.2 Å². The number of nitrogens with zero attached hydrogens (tertiary/aromatic N) is 2. The molecule has 7 heteroatoms. The van der Waals surface area contributed by atoms with E-state index < -0.39 is 5.63 Å². The predicted molar refractivity (Wildman–Crippen MR) is 103 cm³/mol. The lowest BCUT2D eigenvalue weighted by atomic mass is 10.1. The molecule has 0 radical (unpaired) electrons. The van der Waals surface area contributed by atoms with Gasteiger partial charge in [0.05, 0.1) is 5.52 Å². The highest BCUT2D eigenvalue weighted by molar-refractivity contribution is 9.10. The highest BCUT2D eigenvalue weighted by Crippen LogP contribution is 2.28. The quantitative estimate of drug-likeness (QED) is 0.397. The Balaban J connectivity index is 2.11. The Morgan fingerprint density at radius 3 is 2.54 bits per heavy atom. The van der Waals surface area contributed by atoms with Gasteiger partial charge in [-0.05, 0) is 24.3 Å². The van der Waals surface area contributed by atoms with E-state index >= 15 is 0 Å². The fraction of sp³-hybridized carbons (Fsp3) is 0.0526. The van der Waals surface area contributed by atoms with Crippen LogP contribution in [0.2, 0.25) is 0 Å². The van der Waals surface area contributed by atoms with Crippen LogP contribution in [0.5, 0.6) is 0 Å². The van der Waals surface area contributed by atoms with Gasteiger partial charge in [-0.1, -0.05) is 40.2 Å². The van der Waals surface area contributed by atoms with Crippen molar-refractivity contribution in [3.05, 3.63) is 63.4 Å². The first-order chi connectivity index (χ1) is 12.5. The van der Waals surface area contributed by atoms with Crippen molar-refractivity contribution in [1.29, 1.82) is 0 Å². The normalized spacial score (nSPS) is 11.0. The van der Waals surface area contributed by atoms with E-state index in [-0.39, 0.29) is 17.1 Å². The standard InChI is InChI=1S/C19H12BrN3O3/c1-10(24)21-18-15-16(13-4-2-3-5-14(13)26-19(15)25)22-17(23-18)11-6-8-12(20)9-7-11/h2-9H,1H3,(H,21,22,23,24). The molecule has 1 amide bonds. The number of anilines is 1. The molecule has 6 nitrogen and oxygen atoms in total. The maximum absolute atomic E-state index is 12.5. The summed E-state index contributed by atoms with van der Waals surface area (Å²) < 4.78 is 6.29. The molecule has 0 aliphatic carbocycles. The molecule has 0 saturated heterocycles. The number of nitrogens with one attached hydrogen (secondary N) is 1. The second kappa shape index (κ2) is 6.34. The number of carbonyl (C=O) groups excluding carboxylic acids is 1. The van der Waals surface area contributed by atoms with E-state index in [0.717, 1.165) is 10.0 Å². The van der Waals surface area contributed by atoms with Gasteiger partial charge in [0.2, 0.25) is 5.91 Å². The summed E-state index contributed by atoms with van der Waals surface area (Å²) in [5.74, 6) is 0.212. The highest BCUT2D eigenvalue weighted by Gasteiger charge is 2.17. The molecule has 4 rings (SSSR count). The fourth-order valence-corrected chi connectivity index (χ4v) is 3.00. The zero-order valence-corrected chi connectivity index (χ0v) is 15.2. The van der Waals surface area contributed by atoms with Crippen LogP contribution in [0.3, 0.4) is 0 Å². The molecule has 0 fully saturated rings. The summed E-state index contributed by atoms with van der Waals surface area (Å²) in [4.78, 5) is 33.1. The van der Waals surface area contributed by atoms with Crippen LogP contribution < -0.4 is 10.9 Å². The van der Waals surface area contributed by atoms with Gasteiger partial charge >= 0.3 is 5.63 Å². The first kappa shape index (κ1) is 16.4. The number of fused-ring (bicyclic) bond motifs is 3. The van der Waals surface area contributed by atoms with Crippen LogP contribution in [-0.4, -0.2) is 15.9 Å². The largest absolute Gasteiger partial charge is 0.422 e. The van der Waals surface area contributed by atoms with Crippen molar-refractivity contribution in [2.45, 2.75) is 6.92 Å². The Morgan fingerprint density at radius 2 is 1.81 bits per heavy atom. The third kappa shape index (κ3) is 2.86. The zero-order valence-electron chi connectivity index (χ0n) is 13.6. The highest BCUT2D eigenvalue weighted by atomic mass is 79.9. The number of aromatic nitrogens is 2. The molecular weight excluding hydrogens is 398 g/mol. The van der Waals surface area contributed by atoms with Crippen molar-refractivity contribution in [3.63, 3.8) is 0 Å². The minimum Gasteiger partial charge on any atom is -0.422 e. The summed E-state index contributed by atoms with van der Waals surface area (Å²) in [5.41, 5.74) is 1.04. The van der Waals surface area contributed by atoms with E-state index in [4.69, 9.17) is 4.42 Å². The zero-order chi connectivity index (χ0) is 18.3. The lowest BCUT2D eigenvalue weighted by Crippen LogP contribution is -2.13. The topological polar surface area (TPSA) is 85.1 Å². The molecule has 0 spiro atoms. The van der Waals surface area contributed by atoms with Gasteiger partial charge in [-0.3, -0.25) is 4.79 Å². The summed E-state index contributed by atoms with van der Waals surface area (Å²) in [6, 6.07) is 14.6. The van der Waals surface area contributed by atoms with Gasteiger partial charge in [-0.25, -0.2) is 14.8 Å². The molecule has 1 N–H and O–H groups in total. The SMILES string of the molecule is CC(=O)Nc1nc(-c2ccc(Br)cc2)nc2c1c(=O)oc1ccccc12. The van der Waals surface area contributed by atoms with Crippen LogP contribution in [0.25, 0.3) is 33.3 Å². The molecule has 2 heterocycles. The van der Waals surface area contributed by atoms with Gasteiger partial charge < -0.3 is 9.73 Å². The Kier molecular flexibility index (Phi) is 4.00. The Labute approximate surface area is 156 Å². The van der Waals surface area contributed by atoms with Gasteiger partial charge in [0.1, 0.15) is 11.0 Å². The van der Waals surface area contributed by atoms with Gasteiger partial charge in [0.15, 0.2) is 11.6 Å². The van der Waals surface area contributed by atoms with Crippen molar-refractivity contribution in [1.82, 2.24) is 9.97 Å². The van der Waals surface area contributed by atoms with Crippen LogP contribution in [0.1, 0.15) is 6.92 Å². The first-order valence-electron chi connectivity index (χ1n) is 7.80. The maximum atomic E-state index is 12.5. The van der Waals surface area contributed by atoms with Crippen molar-refractivity contribution in [3.8, 4) is 11.4 Å². The van der Waals surface area contributed by atoms with Crippen molar-refractivity contribution in [2.75, 3.05) is 5.32 Å². The molecule has 0 bridgehead atoms. The fourth-order valence-electron chi connectivity index (χ4n) is 2.74. The Hall–Kier alpha value is -3.06. The predicted octanol–water partition coefficient (Wildman–Crippen LogP) is 4.12. The summed E-state index contributed by atoms with van der Waals surface area (Å²) in [7, 11) is 0. The number of amides is 1. The van der Waals surface area contributed by atoms with Crippen molar-refractivity contribution < 1.29 is 9.21 Å². The molecular formula is C19H12BrN3O3. The van der Waals surface area contributed by atoms with E-state index in [1.54, 1.807) is 12.1 Å². The van der Waals surface area contributed by atoms with Crippen molar-refractivity contribution >= 4 is 49.5 Å². The lowest BCUT2D eigenvalue weighted by molar-refractivity contribution is -0.114. The number of rotatable bonds is 2. The van der Waals surface area contributed by atoms with Crippen LogP contribution in [0.4, 0.5) is 5.82 Å². The van der Waals surface area contributed by atoms with E-state index in [9.17, 15) is 9.59 Å². The van der Waals surface area contributed by atoms with Crippen LogP contribution in [0, 0.1) is 0 Å². The molecule has 0 saturated carbocycles. The molecule has 0 aliphatic rings. The van der Waals surface area contributed by atoms with Gasteiger partial charge in [-0.15, -0.1) is 0 Å². The first-order valence-corrected chi connectivity index (χ1v) is 8.59. The Morgan fingerprint density at radius 1 is 1.08 bits per heavy atom. The smallest absolute Gasteiger partial charge is 0.349 e. The summed E-state index contributed by atoms with van der Waals surface area (Å²) >= 11 is 3.40. The molecule has 2 aromatic carbocycles. The van der Waals surface area contributed by atoms with E-state index in [1.807, 2.05) is 36.4 Å². The molecule has 26 heavy (non-hydrogen) atoms. The number of hydrogen-bond acceptors (Lipinski definition) is 5. The average Bonchev–Trinajstić information content (AvgIpc) is 2.61. The van der Waals surface area contributed by atoms with Crippen LogP contribution in [-0.2, 0) is 4.79 Å². The molecule has 0 atom stereocenters. The number of carbonyl (C=O) groups is 1. The second-order valence-corrected chi connectivity index (χ2v) is 6.61. The Bertz CT molecular complexity index is 1220. The van der Waals surface area contributed by atoms with Gasteiger partial charge in [0, 0.05) is 22.3 Å². The van der Waals surface area contributed by atoms with Crippen LogP contribution in [0.15, 0.2) is 62.2 Å². The van der Waals surface area contributed by atoms with E-state index in [0.29, 0.717) is 22.3 Å². The lowest BCUT2D eigenvalue weighted by Gasteiger charge is -2.10. The third-order valence-electron chi connectivity index (χ3n) is 3.85. The summed E-state index contributed by atoms with van der Waals surface area (Å²) in [5, 5.41) is 3.44. The minimum absolute atomic E-state index is 0.139. The van der Waals surface area contributed by atoms with E-state index in [1.165, 1.54) is 6.92 Å². The molecule has 0 unspecified atom stereocenters. The number of benzene rings is 2. The van der Waals surface area contributed by atoms with Gasteiger partial charge in [-0.2, -0.15) is 0 Å². The molecule has 0 aliphatic heterocycles.